The Hall–Kier alpha value is -1.55. The van der Waals surface area contributed by atoms with Gasteiger partial charge in [0.15, 0.2) is 0 Å². The van der Waals surface area contributed by atoms with Crippen molar-refractivity contribution in [1.82, 2.24) is 5.32 Å². The quantitative estimate of drug-likeness (QED) is 0.645. The number of hydrogen-bond donors (Lipinski definition) is 3. The van der Waals surface area contributed by atoms with Crippen LogP contribution in [-0.2, 0) is 6.54 Å². The van der Waals surface area contributed by atoms with Gasteiger partial charge in [0.1, 0.15) is 11.3 Å². The number of carboxylic acid groups (broad SMARTS) is 1. The van der Waals surface area contributed by atoms with Gasteiger partial charge in [0.05, 0.1) is 0 Å². The molecule has 0 atom stereocenters. The van der Waals surface area contributed by atoms with E-state index in [1.54, 1.807) is 13.1 Å². The highest BCUT2D eigenvalue weighted by atomic mass is 16.4. The molecule has 13 heavy (non-hydrogen) atoms. The SMILES string of the molecule is CNCc1ccc(C(=O)O)c(O)c1. The van der Waals surface area contributed by atoms with E-state index in [2.05, 4.69) is 5.32 Å². The standard InChI is InChI=1S/C9H11NO3/c1-10-5-6-2-3-7(9(12)13)8(11)4-6/h2-4,10-11H,5H2,1H3,(H,12,13). The first-order valence-corrected chi connectivity index (χ1v) is 3.85. The van der Waals surface area contributed by atoms with Crippen LogP contribution in [0.1, 0.15) is 15.9 Å². The number of hydrogen-bond acceptors (Lipinski definition) is 3. The van der Waals surface area contributed by atoms with Gasteiger partial charge in [0, 0.05) is 6.54 Å². The number of carbonyl (C=O) groups is 1. The molecular formula is C9H11NO3. The van der Waals surface area contributed by atoms with Crippen molar-refractivity contribution >= 4 is 5.97 Å². The molecule has 4 heteroatoms. The van der Waals surface area contributed by atoms with Crippen LogP contribution in [0.15, 0.2) is 18.2 Å². The van der Waals surface area contributed by atoms with E-state index in [-0.39, 0.29) is 11.3 Å². The molecule has 1 aromatic rings. The zero-order chi connectivity index (χ0) is 9.84. The van der Waals surface area contributed by atoms with Gasteiger partial charge in [-0.2, -0.15) is 0 Å². The number of aromatic carboxylic acids is 1. The highest BCUT2D eigenvalue weighted by Crippen LogP contribution is 2.18. The lowest BCUT2D eigenvalue weighted by molar-refractivity contribution is 0.0693. The lowest BCUT2D eigenvalue weighted by atomic mass is 10.1. The third kappa shape index (κ3) is 2.19. The van der Waals surface area contributed by atoms with Crippen LogP contribution in [0, 0.1) is 0 Å². The van der Waals surface area contributed by atoms with Gasteiger partial charge in [-0.3, -0.25) is 0 Å². The second-order valence-corrected chi connectivity index (χ2v) is 2.69. The van der Waals surface area contributed by atoms with E-state index in [0.717, 1.165) is 5.56 Å². The zero-order valence-electron chi connectivity index (χ0n) is 7.24. The second-order valence-electron chi connectivity index (χ2n) is 2.69. The number of carboxylic acids is 1. The van der Waals surface area contributed by atoms with Crippen molar-refractivity contribution in [3.8, 4) is 5.75 Å². The van der Waals surface area contributed by atoms with E-state index in [0.29, 0.717) is 6.54 Å². The van der Waals surface area contributed by atoms with Crippen molar-refractivity contribution in [2.45, 2.75) is 6.54 Å². The van der Waals surface area contributed by atoms with Crippen LogP contribution in [0.25, 0.3) is 0 Å². The molecule has 0 heterocycles. The minimum absolute atomic E-state index is 0.0696. The Morgan fingerprint density at radius 3 is 2.69 bits per heavy atom. The van der Waals surface area contributed by atoms with Gasteiger partial charge in [-0.1, -0.05) is 6.07 Å². The van der Waals surface area contributed by atoms with Crippen molar-refractivity contribution in [2.24, 2.45) is 0 Å². The molecule has 1 aromatic carbocycles. The molecule has 0 fully saturated rings. The first-order chi connectivity index (χ1) is 6.15. The molecule has 70 valence electrons. The Morgan fingerprint density at radius 2 is 2.23 bits per heavy atom. The summed E-state index contributed by atoms with van der Waals surface area (Å²) >= 11 is 0. The maximum atomic E-state index is 10.5. The smallest absolute Gasteiger partial charge is 0.339 e. The fraction of sp³-hybridized carbons (Fsp3) is 0.222. The minimum atomic E-state index is -1.12. The summed E-state index contributed by atoms with van der Waals surface area (Å²) in [7, 11) is 1.78. The summed E-state index contributed by atoms with van der Waals surface area (Å²) in [5.74, 6) is -1.31. The molecule has 0 bridgehead atoms. The van der Waals surface area contributed by atoms with Gasteiger partial charge < -0.3 is 15.5 Å². The zero-order valence-corrected chi connectivity index (χ0v) is 7.24. The van der Waals surface area contributed by atoms with E-state index in [9.17, 15) is 9.90 Å². The fourth-order valence-corrected chi connectivity index (χ4v) is 1.07. The van der Waals surface area contributed by atoms with E-state index < -0.39 is 5.97 Å². The molecule has 0 aliphatic heterocycles. The summed E-state index contributed by atoms with van der Waals surface area (Å²) < 4.78 is 0. The average Bonchev–Trinajstić information content (AvgIpc) is 2.04. The number of rotatable bonds is 3. The number of phenols is 1. The van der Waals surface area contributed by atoms with Crippen molar-refractivity contribution in [3.05, 3.63) is 29.3 Å². The maximum absolute atomic E-state index is 10.5. The third-order valence-electron chi connectivity index (χ3n) is 1.67. The summed E-state index contributed by atoms with van der Waals surface area (Å²) in [6, 6.07) is 4.50. The summed E-state index contributed by atoms with van der Waals surface area (Å²) in [4.78, 5) is 10.5. The monoisotopic (exact) mass is 181 g/mol. The molecule has 0 radical (unpaired) electrons. The number of aromatic hydroxyl groups is 1. The normalized spacial score (nSPS) is 9.92. The molecule has 0 aliphatic rings. The Labute approximate surface area is 75.8 Å². The molecule has 4 nitrogen and oxygen atoms in total. The Balaban J connectivity index is 2.98. The van der Waals surface area contributed by atoms with E-state index in [1.165, 1.54) is 12.1 Å². The van der Waals surface area contributed by atoms with Crippen LogP contribution >= 0.6 is 0 Å². The largest absolute Gasteiger partial charge is 0.507 e. The van der Waals surface area contributed by atoms with Gasteiger partial charge in [-0.05, 0) is 24.7 Å². The summed E-state index contributed by atoms with van der Waals surface area (Å²) in [6.45, 7) is 0.605. The molecule has 0 saturated carbocycles. The van der Waals surface area contributed by atoms with Crippen LogP contribution in [0.2, 0.25) is 0 Å². The van der Waals surface area contributed by atoms with Gasteiger partial charge >= 0.3 is 5.97 Å². The molecule has 0 saturated heterocycles. The van der Waals surface area contributed by atoms with Crippen LogP contribution < -0.4 is 5.32 Å². The molecule has 0 amide bonds. The molecule has 0 spiro atoms. The Morgan fingerprint density at radius 1 is 1.54 bits per heavy atom. The van der Waals surface area contributed by atoms with Gasteiger partial charge in [-0.15, -0.1) is 0 Å². The van der Waals surface area contributed by atoms with Crippen molar-refractivity contribution in [2.75, 3.05) is 7.05 Å². The topological polar surface area (TPSA) is 69.6 Å². The Bertz CT molecular complexity index is 323. The molecular weight excluding hydrogens is 170 g/mol. The maximum Gasteiger partial charge on any atom is 0.339 e. The van der Waals surface area contributed by atoms with E-state index in [4.69, 9.17) is 5.11 Å². The third-order valence-corrected chi connectivity index (χ3v) is 1.67. The van der Waals surface area contributed by atoms with Crippen molar-refractivity contribution < 1.29 is 15.0 Å². The van der Waals surface area contributed by atoms with Crippen LogP contribution in [0.4, 0.5) is 0 Å². The first-order valence-electron chi connectivity index (χ1n) is 3.85. The number of nitrogens with one attached hydrogen (secondary N) is 1. The predicted octanol–water partition coefficient (Wildman–Crippen LogP) is 0.810. The van der Waals surface area contributed by atoms with Gasteiger partial charge in [0.25, 0.3) is 0 Å². The average molecular weight is 181 g/mol. The predicted molar refractivity (Wildman–Crippen MR) is 47.8 cm³/mol. The highest BCUT2D eigenvalue weighted by Gasteiger charge is 2.08. The summed E-state index contributed by atoms with van der Waals surface area (Å²) in [5, 5.41) is 20.8. The van der Waals surface area contributed by atoms with Gasteiger partial charge in [0.2, 0.25) is 0 Å². The molecule has 0 aromatic heterocycles. The van der Waals surface area contributed by atoms with Crippen molar-refractivity contribution in [1.29, 1.82) is 0 Å². The van der Waals surface area contributed by atoms with Crippen LogP contribution in [-0.4, -0.2) is 23.2 Å². The molecule has 0 unspecified atom stereocenters. The van der Waals surface area contributed by atoms with Crippen molar-refractivity contribution in [3.63, 3.8) is 0 Å². The van der Waals surface area contributed by atoms with E-state index in [1.807, 2.05) is 0 Å². The van der Waals surface area contributed by atoms with Crippen LogP contribution in [0.3, 0.4) is 0 Å². The minimum Gasteiger partial charge on any atom is -0.507 e. The van der Waals surface area contributed by atoms with Crippen LogP contribution in [0.5, 0.6) is 5.75 Å². The molecule has 0 aliphatic carbocycles. The lowest BCUT2D eigenvalue weighted by Crippen LogP contribution is -2.05. The molecule has 3 N–H and O–H groups in total. The first kappa shape index (κ1) is 9.54. The van der Waals surface area contributed by atoms with Gasteiger partial charge in [-0.25, -0.2) is 4.79 Å². The Kier molecular flexibility index (Phi) is 2.87. The lowest BCUT2D eigenvalue weighted by Gasteiger charge is -2.03. The highest BCUT2D eigenvalue weighted by molar-refractivity contribution is 5.90. The number of benzene rings is 1. The van der Waals surface area contributed by atoms with E-state index >= 15 is 0 Å². The summed E-state index contributed by atoms with van der Waals surface area (Å²) in [6.07, 6.45) is 0. The summed E-state index contributed by atoms with van der Waals surface area (Å²) in [5.41, 5.74) is 0.782. The second kappa shape index (κ2) is 3.91. The fourth-order valence-electron chi connectivity index (χ4n) is 1.07. The molecule has 1 rings (SSSR count).